The van der Waals surface area contributed by atoms with Gasteiger partial charge in [0.2, 0.25) is 0 Å². The average molecular weight is 299 g/mol. The summed E-state index contributed by atoms with van der Waals surface area (Å²) in [6, 6.07) is 14.8. The summed E-state index contributed by atoms with van der Waals surface area (Å²) >= 11 is 0. The van der Waals surface area contributed by atoms with E-state index in [1.54, 1.807) is 25.3 Å². The van der Waals surface area contributed by atoms with Crippen LogP contribution in [0.5, 0.6) is 11.5 Å². The van der Waals surface area contributed by atoms with E-state index in [2.05, 4.69) is 5.16 Å². The number of rotatable bonds is 4. The molecule has 1 N–H and O–H groups in total. The third-order valence-corrected chi connectivity index (χ3v) is 3.65. The first-order valence-corrected chi connectivity index (χ1v) is 6.91. The molecule has 22 heavy (non-hydrogen) atoms. The van der Waals surface area contributed by atoms with Gasteiger partial charge in [-0.2, -0.15) is 0 Å². The third kappa shape index (κ3) is 2.51. The lowest BCUT2D eigenvalue weighted by Gasteiger charge is -2.22. The maximum Gasteiger partial charge on any atom is 0.270 e. The zero-order valence-electron chi connectivity index (χ0n) is 12.4. The summed E-state index contributed by atoms with van der Waals surface area (Å²) in [5.74, 6) is -0.402. The van der Waals surface area contributed by atoms with Crippen molar-refractivity contribution >= 4 is 5.71 Å². The first-order valence-electron chi connectivity index (χ1n) is 6.91. The Balaban J connectivity index is 1.90. The number of hydrogen-bond donors (Lipinski definition) is 1. The number of methoxy groups -OCH3 is 2. The van der Waals surface area contributed by atoms with E-state index < -0.39 is 5.79 Å². The zero-order chi connectivity index (χ0) is 15.6. The van der Waals surface area contributed by atoms with Crippen LogP contribution in [0.2, 0.25) is 0 Å². The molecule has 2 aromatic carbocycles. The normalized spacial score (nSPS) is 20.2. The highest BCUT2D eigenvalue weighted by Crippen LogP contribution is 2.40. The second kappa shape index (κ2) is 5.69. The Morgan fingerprint density at radius 2 is 1.86 bits per heavy atom. The van der Waals surface area contributed by atoms with Gasteiger partial charge in [0.25, 0.3) is 5.79 Å². The summed E-state index contributed by atoms with van der Waals surface area (Å²) in [5, 5.41) is 14.8. The molecule has 0 amide bonds. The largest absolute Gasteiger partial charge is 0.497 e. The van der Waals surface area contributed by atoms with Gasteiger partial charge in [0.1, 0.15) is 11.5 Å². The molecule has 1 aliphatic rings. The first kappa shape index (κ1) is 14.4. The van der Waals surface area contributed by atoms with Gasteiger partial charge >= 0.3 is 0 Å². The van der Waals surface area contributed by atoms with Crippen LogP contribution in [-0.2, 0) is 10.6 Å². The predicted molar refractivity (Wildman–Crippen MR) is 82.1 cm³/mol. The number of hydrogen-bond acceptors (Lipinski definition) is 5. The topological polar surface area (TPSA) is 60.3 Å². The minimum atomic E-state index is -1.54. The molecule has 0 bridgehead atoms. The Hall–Kier alpha value is -2.53. The Morgan fingerprint density at radius 1 is 1.09 bits per heavy atom. The molecule has 1 heterocycles. The summed E-state index contributed by atoms with van der Waals surface area (Å²) in [7, 11) is 3.11. The van der Waals surface area contributed by atoms with Crippen molar-refractivity contribution in [1.29, 1.82) is 0 Å². The molecule has 0 aromatic heterocycles. The van der Waals surface area contributed by atoms with Gasteiger partial charge in [-0.05, 0) is 17.7 Å². The lowest BCUT2D eigenvalue weighted by molar-refractivity contribution is -0.194. The molecule has 114 valence electrons. The fraction of sp³-hybridized carbons (Fsp3) is 0.235. The summed E-state index contributed by atoms with van der Waals surface area (Å²) in [4.78, 5) is 5.33. The average Bonchev–Trinajstić information content (AvgIpc) is 2.98. The number of aliphatic hydroxyl groups is 1. The van der Waals surface area contributed by atoms with Crippen molar-refractivity contribution in [2.45, 2.75) is 12.2 Å². The van der Waals surface area contributed by atoms with Crippen molar-refractivity contribution < 1.29 is 19.4 Å². The molecule has 2 aromatic rings. The smallest absolute Gasteiger partial charge is 0.270 e. The number of oxime groups is 1. The van der Waals surface area contributed by atoms with E-state index in [1.807, 2.05) is 30.3 Å². The molecular formula is C17H17NO4. The molecule has 0 saturated carbocycles. The number of ether oxygens (including phenoxy) is 2. The van der Waals surface area contributed by atoms with Crippen LogP contribution in [0.4, 0.5) is 0 Å². The van der Waals surface area contributed by atoms with Crippen LogP contribution in [0.3, 0.4) is 0 Å². The van der Waals surface area contributed by atoms with Crippen molar-refractivity contribution in [1.82, 2.24) is 0 Å². The van der Waals surface area contributed by atoms with Gasteiger partial charge < -0.3 is 19.4 Å². The molecule has 1 atom stereocenters. The van der Waals surface area contributed by atoms with Crippen LogP contribution in [0.15, 0.2) is 53.7 Å². The van der Waals surface area contributed by atoms with E-state index >= 15 is 0 Å². The van der Waals surface area contributed by atoms with E-state index in [1.165, 1.54) is 7.11 Å². The molecular weight excluding hydrogens is 282 g/mol. The van der Waals surface area contributed by atoms with Gasteiger partial charge in [0.15, 0.2) is 0 Å². The lowest BCUT2D eigenvalue weighted by Crippen LogP contribution is -2.26. The molecule has 5 heteroatoms. The molecule has 0 spiro atoms. The highest BCUT2D eigenvalue weighted by molar-refractivity contribution is 6.01. The third-order valence-electron chi connectivity index (χ3n) is 3.65. The van der Waals surface area contributed by atoms with Gasteiger partial charge in [-0.15, -0.1) is 0 Å². The Bertz CT molecular complexity index is 699. The highest BCUT2D eigenvalue weighted by atomic mass is 16.7. The van der Waals surface area contributed by atoms with Crippen LogP contribution >= 0.6 is 0 Å². The van der Waals surface area contributed by atoms with Crippen molar-refractivity contribution in [3.8, 4) is 11.5 Å². The Labute approximate surface area is 128 Å². The molecule has 0 aliphatic carbocycles. The minimum absolute atomic E-state index is 0.250. The van der Waals surface area contributed by atoms with Crippen molar-refractivity contribution in [2.24, 2.45) is 5.16 Å². The summed E-state index contributed by atoms with van der Waals surface area (Å²) in [6.45, 7) is 0. The molecule has 0 radical (unpaired) electrons. The summed E-state index contributed by atoms with van der Waals surface area (Å²) in [5.41, 5.74) is 2.14. The van der Waals surface area contributed by atoms with Crippen LogP contribution in [0, 0.1) is 0 Å². The van der Waals surface area contributed by atoms with Crippen LogP contribution in [0.25, 0.3) is 0 Å². The van der Waals surface area contributed by atoms with Crippen LogP contribution in [0.1, 0.15) is 17.5 Å². The van der Waals surface area contributed by atoms with Crippen LogP contribution < -0.4 is 9.47 Å². The van der Waals surface area contributed by atoms with E-state index in [0.29, 0.717) is 22.8 Å². The Kier molecular flexibility index (Phi) is 3.73. The molecule has 0 saturated heterocycles. The van der Waals surface area contributed by atoms with Gasteiger partial charge in [-0.1, -0.05) is 35.5 Å². The van der Waals surface area contributed by atoms with Crippen molar-refractivity contribution in [2.75, 3.05) is 14.2 Å². The highest BCUT2D eigenvalue weighted by Gasteiger charge is 2.41. The fourth-order valence-electron chi connectivity index (χ4n) is 2.47. The second-order valence-corrected chi connectivity index (χ2v) is 5.02. The summed E-state index contributed by atoms with van der Waals surface area (Å²) in [6.07, 6.45) is 0.250. The number of benzene rings is 2. The second-order valence-electron chi connectivity index (χ2n) is 5.02. The van der Waals surface area contributed by atoms with Gasteiger partial charge in [-0.3, -0.25) is 0 Å². The molecule has 3 rings (SSSR count). The number of nitrogens with zero attached hydrogens (tertiary/aromatic N) is 1. The van der Waals surface area contributed by atoms with Crippen molar-refractivity contribution in [3.05, 3.63) is 59.7 Å². The predicted octanol–water partition coefficient (Wildman–Crippen LogP) is 2.67. The Morgan fingerprint density at radius 3 is 2.55 bits per heavy atom. The van der Waals surface area contributed by atoms with Gasteiger partial charge in [0.05, 0.1) is 31.9 Å². The minimum Gasteiger partial charge on any atom is -0.497 e. The van der Waals surface area contributed by atoms with E-state index in [0.717, 1.165) is 5.56 Å². The lowest BCUT2D eigenvalue weighted by atomic mass is 9.96. The van der Waals surface area contributed by atoms with Gasteiger partial charge in [-0.25, -0.2) is 0 Å². The van der Waals surface area contributed by atoms with Crippen LogP contribution in [-0.4, -0.2) is 25.0 Å². The fourth-order valence-corrected chi connectivity index (χ4v) is 2.47. The monoisotopic (exact) mass is 299 g/mol. The van der Waals surface area contributed by atoms with E-state index in [4.69, 9.17) is 14.3 Å². The van der Waals surface area contributed by atoms with E-state index in [9.17, 15) is 5.11 Å². The summed E-state index contributed by atoms with van der Waals surface area (Å²) < 4.78 is 10.5. The first-order chi connectivity index (χ1) is 10.7. The molecule has 1 unspecified atom stereocenters. The SMILES string of the molecule is COc1ccc(C2(O)CC(c3ccccc3)=NO2)c(OC)c1. The van der Waals surface area contributed by atoms with E-state index in [-0.39, 0.29) is 6.42 Å². The quantitative estimate of drug-likeness (QED) is 0.943. The molecule has 1 aliphatic heterocycles. The maximum absolute atomic E-state index is 10.8. The molecule has 0 fully saturated rings. The molecule has 5 nitrogen and oxygen atoms in total. The van der Waals surface area contributed by atoms with Gasteiger partial charge in [0, 0.05) is 6.07 Å². The zero-order valence-corrected chi connectivity index (χ0v) is 12.4. The maximum atomic E-state index is 10.8. The standard InChI is InChI=1S/C17H17NO4/c1-20-13-8-9-14(16(10-13)21-2)17(19)11-15(18-22-17)12-6-4-3-5-7-12/h3-10,19H,11H2,1-2H3. The van der Waals surface area contributed by atoms with Crippen molar-refractivity contribution in [3.63, 3.8) is 0 Å².